The van der Waals surface area contributed by atoms with Crippen LogP contribution < -0.4 is 10.2 Å². The number of phenols is 1. The number of rotatable bonds is 5. The second-order valence-electron chi connectivity index (χ2n) is 12.4. The highest BCUT2D eigenvalue weighted by molar-refractivity contribution is 9.10. The number of fused-ring (bicyclic) bond motifs is 4. The van der Waals surface area contributed by atoms with Crippen LogP contribution in [0.25, 0.3) is 0 Å². The number of carbonyl (C=O) groups excluding carboxylic acids is 5. The number of benzene rings is 3. The van der Waals surface area contributed by atoms with Crippen molar-refractivity contribution < 1.29 is 42.9 Å². The number of phenolic OH excluding ortho intramolecular Hbond substituents is 1. The van der Waals surface area contributed by atoms with Gasteiger partial charge >= 0.3 is 6.09 Å². The predicted molar refractivity (Wildman–Crippen MR) is 176 cm³/mol. The molecule has 2 aliphatic heterocycles. The van der Waals surface area contributed by atoms with Crippen molar-refractivity contribution in [3.8, 4) is 11.5 Å². The second-order valence-corrected chi connectivity index (χ2v) is 13.8. The van der Waals surface area contributed by atoms with Crippen molar-refractivity contribution in [1.82, 2.24) is 9.91 Å². The lowest BCUT2D eigenvalue weighted by Gasteiger charge is -2.50. The number of carbonyl (C=O) groups is 5. The first-order chi connectivity index (χ1) is 23.4. The molecular formula is C35H28BrClFN3O8. The van der Waals surface area contributed by atoms with Gasteiger partial charge in [-0.2, -0.15) is 9.91 Å². The average molecular weight is 753 g/mol. The number of halogens is 3. The van der Waals surface area contributed by atoms with E-state index in [1.54, 1.807) is 42.5 Å². The summed E-state index contributed by atoms with van der Waals surface area (Å²) in [5, 5.41) is 13.0. The summed E-state index contributed by atoms with van der Waals surface area (Å²) in [5.74, 6) is -8.48. The van der Waals surface area contributed by atoms with Gasteiger partial charge in [0.2, 0.25) is 11.8 Å². The first-order valence-electron chi connectivity index (χ1n) is 15.3. The molecule has 2 aliphatic carbocycles. The Labute approximate surface area is 292 Å². The fourth-order valence-corrected chi connectivity index (χ4v) is 8.82. The second kappa shape index (κ2) is 12.0. The number of hydrogen-bond donors (Lipinski definition) is 2. The zero-order valence-electron chi connectivity index (χ0n) is 26.0. The summed E-state index contributed by atoms with van der Waals surface area (Å²) in [7, 11) is 2.45. The number of imide groups is 4. The first-order valence-corrected chi connectivity index (χ1v) is 16.5. The molecule has 2 heterocycles. The zero-order valence-corrected chi connectivity index (χ0v) is 28.3. The van der Waals surface area contributed by atoms with Crippen molar-refractivity contribution in [3.63, 3.8) is 0 Å². The standard InChI is InChI=1S/C35H28BrClFN3O8/c1-48-26-14-17(36)13-24(29(26)42)28-21-11-12-22-27(32(45)40(30(22)43)34(47)49-2)23(21)15-25-31(44)41(39-20-9-7-19(38)8-10-20)33(46)35(25,28)16-3-5-18(37)6-4-16/h3-11,13-14,22-23,25,27-28,39,42H,12,15H2,1-2H3/t22-,23+,25-,27-,28+,35+/m0/s1. The lowest BCUT2D eigenvalue weighted by molar-refractivity contribution is -0.140. The van der Waals surface area contributed by atoms with Gasteiger partial charge in [-0.3, -0.25) is 24.6 Å². The SMILES string of the molecule is COC(=O)N1C(=O)[C@H]2[C@H](CC=C3[C@H]2C[C@H]2C(=O)N(Nc4ccc(F)cc4)C(=O)[C@@]2(c2ccc(Cl)cc2)[C@H]3c2cc(Br)cc(OC)c2O)C1=O. The van der Waals surface area contributed by atoms with Crippen molar-refractivity contribution >= 4 is 62.9 Å². The fourth-order valence-electron chi connectivity index (χ4n) is 8.24. The van der Waals surface area contributed by atoms with E-state index in [2.05, 4.69) is 21.4 Å². The summed E-state index contributed by atoms with van der Waals surface area (Å²) < 4.78 is 24.5. The van der Waals surface area contributed by atoms with Gasteiger partial charge in [0.05, 0.1) is 43.1 Å². The Morgan fingerprint density at radius 2 is 1.69 bits per heavy atom. The maximum Gasteiger partial charge on any atom is 0.423 e. The maximum atomic E-state index is 15.2. The van der Waals surface area contributed by atoms with Crippen LogP contribution in [0.3, 0.4) is 0 Å². The Bertz CT molecular complexity index is 1970. The van der Waals surface area contributed by atoms with Crippen LogP contribution in [0.5, 0.6) is 11.5 Å². The van der Waals surface area contributed by atoms with Gasteiger partial charge in [0.15, 0.2) is 11.5 Å². The molecule has 49 heavy (non-hydrogen) atoms. The molecule has 2 saturated heterocycles. The van der Waals surface area contributed by atoms with Gasteiger partial charge in [-0.05, 0) is 72.9 Å². The highest BCUT2D eigenvalue weighted by Crippen LogP contribution is 2.65. The molecular weight excluding hydrogens is 725 g/mol. The van der Waals surface area contributed by atoms with Gasteiger partial charge < -0.3 is 14.6 Å². The summed E-state index contributed by atoms with van der Waals surface area (Å²) in [6, 6.07) is 14.8. The van der Waals surface area contributed by atoms with Gasteiger partial charge in [0, 0.05) is 21.0 Å². The minimum Gasteiger partial charge on any atom is -0.504 e. The molecule has 0 spiro atoms. The molecule has 0 bridgehead atoms. The van der Waals surface area contributed by atoms with Crippen molar-refractivity contribution in [1.29, 1.82) is 0 Å². The predicted octanol–water partition coefficient (Wildman–Crippen LogP) is 5.71. The molecule has 4 aliphatic rings. The van der Waals surface area contributed by atoms with Gasteiger partial charge in [0.25, 0.3) is 11.8 Å². The fraction of sp³-hybridized carbons (Fsp3) is 0.286. The van der Waals surface area contributed by atoms with Crippen LogP contribution in [-0.4, -0.2) is 59.0 Å². The Morgan fingerprint density at radius 1 is 1.00 bits per heavy atom. The third-order valence-corrected chi connectivity index (χ3v) is 10.9. The number of hydrazine groups is 1. The van der Waals surface area contributed by atoms with E-state index in [4.69, 9.17) is 21.1 Å². The van der Waals surface area contributed by atoms with E-state index >= 15 is 4.79 Å². The van der Waals surface area contributed by atoms with Gasteiger partial charge in [-0.15, -0.1) is 0 Å². The Hall–Kier alpha value is -4.75. The van der Waals surface area contributed by atoms with Crippen LogP contribution >= 0.6 is 27.5 Å². The molecule has 3 aromatic rings. The molecule has 0 radical (unpaired) electrons. The van der Waals surface area contributed by atoms with E-state index in [1.165, 1.54) is 31.4 Å². The van der Waals surface area contributed by atoms with E-state index in [-0.39, 0.29) is 35.6 Å². The minimum absolute atomic E-state index is 0.0536. The average Bonchev–Trinajstić information content (AvgIpc) is 3.47. The normalized spacial score (nSPS) is 27.4. The van der Waals surface area contributed by atoms with Crippen molar-refractivity contribution in [3.05, 3.63) is 98.8 Å². The lowest BCUT2D eigenvalue weighted by atomic mass is 9.49. The maximum absolute atomic E-state index is 15.2. The van der Waals surface area contributed by atoms with E-state index in [1.807, 2.05) is 0 Å². The number of methoxy groups -OCH3 is 2. The number of amides is 5. The van der Waals surface area contributed by atoms with Gasteiger partial charge in [-0.25, -0.2) is 9.18 Å². The number of anilines is 1. The number of allylic oxidation sites excluding steroid dienone is 2. The highest BCUT2D eigenvalue weighted by atomic mass is 79.9. The number of nitrogens with one attached hydrogen (secondary N) is 1. The largest absolute Gasteiger partial charge is 0.504 e. The van der Waals surface area contributed by atoms with Crippen molar-refractivity contribution in [2.24, 2.45) is 23.7 Å². The lowest BCUT2D eigenvalue weighted by Crippen LogP contribution is -2.53. The summed E-state index contributed by atoms with van der Waals surface area (Å²) in [4.78, 5) is 70.2. The van der Waals surface area contributed by atoms with E-state index < -0.39 is 70.5 Å². The van der Waals surface area contributed by atoms with Gasteiger partial charge in [-0.1, -0.05) is 51.3 Å². The van der Waals surface area contributed by atoms with Crippen LogP contribution in [0.2, 0.25) is 5.02 Å². The molecule has 2 N–H and O–H groups in total. The summed E-state index contributed by atoms with van der Waals surface area (Å²) in [5.41, 5.74) is 2.59. The number of aromatic hydroxyl groups is 1. The Balaban J connectivity index is 1.49. The van der Waals surface area contributed by atoms with Crippen molar-refractivity contribution in [2.45, 2.75) is 24.2 Å². The number of hydrogen-bond acceptors (Lipinski definition) is 9. The summed E-state index contributed by atoms with van der Waals surface area (Å²) >= 11 is 9.80. The van der Waals surface area contributed by atoms with Gasteiger partial charge in [0.1, 0.15) is 5.82 Å². The quantitative estimate of drug-likeness (QED) is 0.248. The van der Waals surface area contributed by atoms with Crippen LogP contribution in [0, 0.1) is 29.5 Å². The highest BCUT2D eigenvalue weighted by Gasteiger charge is 2.71. The van der Waals surface area contributed by atoms with E-state index in [0.717, 1.165) is 12.1 Å². The molecule has 11 nitrogen and oxygen atoms in total. The molecule has 7 rings (SSSR count). The number of nitrogens with zero attached hydrogens (tertiary/aromatic N) is 2. The third-order valence-electron chi connectivity index (χ3n) is 10.2. The Morgan fingerprint density at radius 3 is 2.35 bits per heavy atom. The van der Waals surface area contributed by atoms with Crippen LogP contribution in [0.4, 0.5) is 14.9 Å². The third kappa shape index (κ3) is 4.77. The van der Waals surface area contributed by atoms with E-state index in [9.17, 15) is 28.7 Å². The number of likely N-dealkylation sites (tertiary alicyclic amines) is 1. The molecule has 14 heteroatoms. The topological polar surface area (TPSA) is 143 Å². The zero-order chi connectivity index (χ0) is 34.9. The minimum atomic E-state index is -1.72. The van der Waals surface area contributed by atoms with E-state index in [0.29, 0.717) is 25.5 Å². The Kier molecular flexibility index (Phi) is 8.02. The molecule has 3 fully saturated rings. The molecule has 0 unspecified atom stereocenters. The first kappa shape index (κ1) is 32.8. The molecule has 1 saturated carbocycles. The smallest absolute Gasteiger partial charge is 0.423 e. The van der Waals surface area contributed by atoms with Crippen LogP contribution in [-0.2, 0) is 29.3 Å². The molecule has 5 amide bonds. The molecule has 0 aromatic heterocycles. The molecule has 252 valence electrons. The summed E-state index contributed by atoms with van der Waals surface area (Å²) in [6.07, 6.45) is 0.665. The summed E-state index contributed by atoms with van der Waals surface area (Å²) in [6.45, 7) is 0. The molecule has 6 atom stereocenters. The number of ether oxygens (including phenoxy) is 2. The molecule has 3 aromatic carbocycles. The van der Waals surface area contributed by atoms with Crippen LogP contribution in [0.1, 0.15) is 29.9 Å². The monoisotopic (exact) mass is 751 g/mol. The van der Waals surface area contributed by atoms with Crippen molar-refractivity contribution in [2.75, 3.05) is 19.6 Å². The van der Waals surface area contributed by atoms with Crippen LogP contribution in [0.15, 0.2) is 76.8 Å².